The number of pyridine rings is 1. The van der Waals surface area contributed by atoms with Gasteiger partial charge in [-0.3, -0.25) is 4.79 Å². The summed E-state index contributed by atoms with van der Waals surface area (Å²) in [5.74, 6) is 0.459. The molecule has 2 N–H and O–H groups in total. The molecule has 9 nitrogen and oxygen atoms in total. The van der Waals surface area contributed by atoms with Gasteiger partial charge >= 0.3 is 0 Å². The monoisotopic (exact) mass is 536 g/mol. The zero-order valence-electron chi connectivity index (χ0n) is 19.0. The van der Waals surface area contributed by atoms with Crippen molar-refractivity contribution in [2.45, 2.75) is 44.2 Å². The predicted molar refractivity (Wildman–Crippen MR) is 137 cm³/mol. The number of halogens is 2. The number of primary sulfonamides is 1. The normalized spacial score (nSPS) is 20.8. The van der Waals surface area contributed by atoms with E-state index in [4.69, 9.17) is 33.3 Å². The fraction of sp³-hybridized carbons (Fsp3) is 0.435. The number of carbonyl (C=O) groups excluding carboxylic acids is 1. The third kappa shape index (κ3) is 4.97. The molecule has 2 aromatic heterocycles. The van der Waals surface area contributed by atoms with Gasteiger partial charge in [0, 0.05) is 55.4 Å². The second-order valence-corrected chi connectivity index (χ2v) is 11.6. The molecular weight excluding hydrogens is 511 g/mol. The molecule has 1 amide bonds. The molecule has 2 fully saturated rings. The number of aromatic nitrogens is 3. The Morgan fingerprint density at radius 1 is 1.14 bits per heavy atom. The van der Waals surface area contributed by atoms with E-state index >= 15 is 0 Å². The van der Waals surface area contributed by atoms with Crippen LogP contribution in [0.25, 0.3) is 16.6 Å². The van der Waals surface area contributed by atoms with Crippen LogP contribution in [0.1, 0.15) is 32.1 Å². The number of likely N-dealkylation sites (tertiary alicyclic amines) is 1. The highest BCUT2D eigenvalue weighted by Crippen LogP contribution is 2.37. The molecule has 2 aliphatic heterocycles. The second-order valence-electron chi connectivity index (χ2n) is 9.13. The van der Waals surface area contributed by atoms with Crippen molar-refractivity contribution in [3.63, 3.8) is 0 Å². The van der Waals surface area contributed by atoms with Crippen molar-refractivity contribution in [3.05, 3.63) is 47.0 Å². The van der Waals surface area contributed by atoms with Crippen molar-refractivity contribution in [2.75, 3.05) is 23.7 Å². The van der Waals surface area contributed by atoms with E-state index in [2.05, 4.69) is 9.88 Å². The highest BCUT2D eigenvalue weighted by molar-refractivity contribution is 7.89. The third-order valence-electron chi connectivity index (χ3n) is 6.82. The topological polar surface area (TPSA) is 114 Å². The summed E-state index contributed by atoms with van der Waals surface area (Å²) in [4.78, 5) is 26.1. The third-order valence-corrected chi connectivity index (χ3v) is 8.47. The number of amides is 1. The Balaban J connectivity index is 1.46. The molecule has 0 spiro atoms. The first-order valence-electron chi connectivity index (χ1n) is 11.5. The van der Waals surface area contributed by atoms with Gasteiger partial charge in [0.15, 0.2) is 0 Å². The highest BCUT2D eigenvalue weighted by atomic mass is 35.5. The molecule has 186 valence electrons. The summed E-state index contributed by atoms with van der Waals surface area (Å²) in [6.07, 6.45) is 8.73. The van der Waals surface area contributed by atoms with Crippen LogP contribution >= 0.6 is 23.2 Å². The lowest BCUT2D eigenvalue weighted by Gasteiger charge is -2.30. The van der Waals surface area contributed by atoms with Gasteiger partial charge in [-0.05, 0) is 37.8 Å². The van der Waals surface area contributed by atoms with Crippen molar-refractivity contribution < 1.29 is 13.2 Å². The van der Waals surface area contributed by atoms with Crippen molar-refractivity contribution in [2.24, 2.45) is 5.14 Å². The van der Waals surface area contributed by atoms with E-state index in [9.17, 15) is 13.2 Å². The number of rotatable bonds is 6. The summed E-state index contributed by atoms with van der Waals surface area (Å²) in [5, 5.41) is 6.89. The minimum Gasteiger partial charge on any atom is -0.353 e. The lowest BCUT2D eigenvalue weighted by Crippen LogP contribution is -2.43. The lowest BCUT2D eigenvalue weighted by molar-refractivity contribution is -0.131. The molecule has 0 aliphatic carbocycles. The minimum absolute atomic E-state index is 0.0512. The standard InChI is InChI=1S/C23H26Cl2N6O3S/c24-18-6-5-17-19(29-10-7-27-14-29)12-20(28-23(17)22(18)25)30-8-1-3-15(30)11-21(32)31-9-2-4-16(31)13-35(26,33)34/h5-7,10,12,14-16H,1-4,8-9,11,13H2,(H2,26,33,34)/t15-,16?/m0/s1. The van der Waals surface area contributed by atoms with Crippen molar-refractivity contribution in [1.82, 2.24) is 19.4 Å². The van der Waals surface area contributed by atoms with Gasteiger partial charge in [0.25, 0.3) is 0 Å². The van der Waals surface area contributed by atoms with Crippen LogP contribution in [0.5, 0.6) is 0 Å². The maximum atomic E-state index is 13.2. The Hall–Kier alpha value is -2.40. The van der Waals surface area contributed by atoms with E-state index in [1.165, 1.54) is 0 Å². The maximum absolute atomic E-state index is 13.2. The Bertz CT molecular complexity index is 1370. The molecule has 3 aromatic rings. The first-order valence-corrected chi connectivity index (χ1v) is 14.0. The molecule has 35 heavy (non-hydrogen) atoms. The van der Waals surface area contributed by atoms with Gasteiger partial charge in [0.2, 0.25) is 15.9 Å². The number of imidazole rings is 1. The first kappa shape index (κ1) is 24.3. The Kier molecular flexibility index (Phi) is 6.65. The smallest absolute Gasteiger partial charge is 0.224 e. The van der Waals surface area contributed by atoms with Crippen LogP contribution < -0.4 is 10.0 Å². The second kappa shape index (κ2) is 9.57. The van der Waals surface area contributed by atoms with E-state index < -0.39 is 10.0 Å². The van der Waals surface area contributed by atoms with Gasteiger partial charge in [-0.1, -0.05) is 23.2 Å². The molecule has 4 heterocycles. The average molecular weight is 537 g/mol. The number of hydrogen-bond acceptors (Lipinski definition) is 6. The van der Waals surface area contributed by atoms with Gasteiger partial charge in [-0.2, -0.15) is 0 Å². The van der Waals surface area contributed by atoms with Crippen LogP contribution in [0.4, 0.5) is 5.82 Å². The number of benzene rings is 1. The minimum atomic E-state index is -3.65. The summed E-state index contributed by atoms with van der Waals surface area (Å²) in [5.41, 5.74) is 1.45. The van der Waals surface area contributed by atoms with Crippen LogP contribution in [-0.2, 0) is 14.8 Å². The zero-order valence-corrected chi connectivity index (χ0v) is 21.3. The quantitative estimate of drug-likeness (QED) is 0.516. The lowest BCUT2D eigenvalue weighted by atomic mass is 10.1. The first-order chi connectivity index (χ1) is 16.7. The van der Waals surface area contributed by atoms with Crippen LogP contribution in [-0.4, -0.2) is 64.7 Å². The number of anilines is 1. The van der Waals surface area contributed by atoms with E-state index in [1.807, 2.05) is 22.9 Å². The number of fused-ring (bicyclic) bond motifs is 1. The summed E-state index contributed by atoms with van der Waals surface area (Å²) in [7, 11) is -3.65. The van der Waals surface area contributed by atoms with Gasteiger partial charge in [0.05, 0.1) is 33.3 Å². The largest absolute Gasteiger partial charge is 0.353 e. The summed E-state index contributed by atoms with van der Waals surface area (Å²) < 4.78 is 25.1. The summed E-state index contributed by atoms with van der Waals surface area (Å²) in [6, 6.07) is 5.20. The SMILES string of the molecule is NS(=O)(=O)CC1CCCN1C(=O)C[C@@H]1CCCN1c1cc(-n2ccnc2)c2ccc(Cl)c(Cl)c2n1. The fourth-order valence-electron chi connectivity index (χ4n) is 5.24. The van der Waals surface area contributed by atoms with E-state index in [0.29, 0.717) is 34.3 Å². The average Bonchev–Trinajstić information content (AvgIpc) is 3.57. The number of nitrogens with zero attached hydrogens (tertiary/aromatic N) is 5. The van der Waals surface area contributed by atoms with Gasteiger partial charge in [-0.15, -0.1) is 0 Å². The van der Waals surface area contributed by atoms with Gasteiger partial charge in [0.1, 0.15) is 5.82 Å². The fourth-order valence-corrected chi connectivity index (χ4v) is 6.48. The molecule has 2 atom stereocenters. The van der Waals surface area contributed by atoms with Gasteiger partial charge in [-0.25, -0.2) is 23.5 Å². The van der Waals surface area contributed by atoms with E-state index in [1.54, 1.807) is 23.5 Å². The van der Waals surface area contributed by atoms with Crippen LogP contribution in [0, 0.1) is 0 Å². The number of hydrogen-bond donors (Lipinski definition) is 1. The highest BCUT2D eigenvalue weighted by Gasteiger charge is 2.35. The van der Waals surface area contributed by atoms with Crippen molar-refractivity contribution in [1.29, 1.82) is 0 Å². The number of sulfonamides is 1. The van der Waals surface area contributed by atoms with Crippen molar-refractivity contribution >= 4 is 55.9 Å². The number of carbonyl (C=O) groups is 1. The van der Waals surface area contributed by atoms with Crippen molar-refractivity contribution in [3.8, 4) is 5.69 Å². The Labute approximate surface area is 213 Å². The summed E-state index contributed by atoms with van der Waals surface area (Å²) >= 11 is 12.9. The molecule has 1 aromatic carbocycles. The van der Waals surface area contributed by atoms with Crippen LogP contribution in [0.3, 0.4) is 0 Å². The number of nitrogens with two attached hydrogens (primary N) is 1. The molecule has 0 saturated carbocycles. The molecular formula is C23H26Cl2N6O3S. The molecule has 5 rings (SSSR count). The molecule has 0 bridgehead atoms. The van der Waals surface area contributed by atoms with E-state index in [0.717, 1.165) is 36.9 Å². The van der Waals surface area contributed by atoms with Crippen LogP contribution in [0.15, 0.2) is 36.9 Å². The molecule has 0 radical (unpaired) electrons. The van der Waals surface area contributed by atoms with Crippen LogP contribution in [0.2, 0.25) is 10.0 Å². The summed E-state index contributed by atoms with van der Waals surface area (Å²) in [6.45, 7) is 1.30. The van der Waals surface area contributed by atoms with E-state index in [-0.39, 0.29) is 30.2 Å². The molecule has 2 aliphatic rings. The predicted octanol–water partition coefficient (Wildman–Crippen LogP) is 3.37. The Morgan fingerprint density at radius 3 is 2.66 bits per heavy atom. The molecule has 2 saturated heterocycles. The molecule has 1 unspecified atom stereocenters. The maximum Gasteiger partial charge on any atom is 0.224 e. The Morgan fingerprint density at radius 2 is 1.91 bits per heavy atom. The molecule has 12 heteroatoms. The zero-order chi connectivity index (χ0) is 24.7. The van der Waals surface area contributed by atoms with Gasteiger partial charge < -0.3 is 14.4 Å².